The Bertz CT molecular complexity index is 604. The van der Waals surface area contributed by atoms with Gasteiger partial charge in [0, 0.05) is 45.0 Å². The monoisotopic (exact) mass is 350 g/mol. The average Bonchev–Trinajstić information content (AvgIpc) is 2.97. The predicted octanol–water partition coefficient (Wildman–Crippen LogP) is 0.516. The van der Waals surface area contributed by atoms with Crippen LogP contribution in [0.5, 0.6) is 0 Å². The molecule has 0 saturated carbocycles. The molecule has 0 bridgehead atoms. The van der Waals surface area contributed by atoms with Crippen LogP contribution in [0.3, 0.4) is 0 Å². The number of anilines is 1. The first-order valence-electron chi connectivity index (χ1n) is 8.52. The van der Waals surface area contributed by atoms with Crippen LogP contribution in [0, 0.1) is 5.82 Å². The molecule has 0 aromatic heterocycles. The summed E-state index contributed by atoms with van der Waals surface area (Å²) in [6, 6.07) is 5.56. The van der Waals surface area contributed by atoms with Gasteiger partial charge >= 0.3 is 6.03 Å². The van der Waals surface area contributed by atoms with Crippen molar-refractivity contribution in [2.75, 3.05) is 63.9 Å². The van der Waals surface area contributed by atoms with Gasteiger partial charge in [-0.3, -0.25) is 14.6 Å². The molecule has 0 spiro atoms. The number of hydrogen-bond acceptors (Lipinski definition) is 4. The van der Waals surface area contributed by atoms with Gasteiger partial charge in [0.1, 0.15) is 12.4 Å². The average molecular weight is 350 g/mol. The second kappa shape index (κ2) is 8.26. The van der Waals surface area contributed by atoms with E-state index in [1.165, 1.54) is 17.0 Å². The molecule has 0 unspecified atom stereocenters. The lowest BCUT2D eigenvalue weighted by Gasteiger charge is -2.26. The maximum Gasteiger partial charge on any atom is 0.325 e. The van der Waals surface area contributed by atoms with Gasteiger partial charge in [-0.1, -0.05) is 0 Å². The van der Waals surface area contributed by atoms with E-state index in [4.69, 9.17) is 4.74 Å². The third-order valence-electron chi connectivity index (χ3n) is 4.42. The van der Waals surface area contributed by atoms with Crippen LogP contribution in [0.25, 0.3) is 0 Å². The fraction of sp³-hybridized carbons (Fsp3) is 0.529. The van der Waals surface area contributed by atoms with Crippen molar-refractivity contribution in [1.82, 2.24) is 15.1 Å². The Morgan fingerprint density at radius 3 is 2.56 bits per heavy atom. The van der Waals surface area contributed by atoms with Crippen molar-refractivity contribution in [2.24, 2.45) is 0 Å². The number of benzene rings is 1. The van der Waals surface area contributed by atoms with E-state index < -0.39 is 0 Å². The van der Waals surface area contributed by atoms with Crippen LogP contribution in [0.2, 0.25) is 0 Å². The first kappa shape index (κ1) is 17.6. The van der Waals surface area contributed by atoms with E-state index in [9.17, 15) is 14.0 Å². The largest absolute Gasteiger partial charge is 0.379 e. The molecule has 7 nitrogen and oxygen atoms in total. The minimum atomic E-state index is -0.341. The van der Waals surface area contributed by atoms with E-state index in [1.807, 2.05) is 0 Å². The van der Waals surface area contributed by atoms with Gasteiger partial charge in [-0.2, -0.15) is 0 Å². The fourth-order valence-electron chi connectivity index (χ4n) is 3.00. The number of carbonyl (C=O) groups is 2. The van der Waals surface area contributed by atoms with Crippen LogP contribution in [0.15, 0.2) is 24.3 Å². The molecule has 0 atom stereocenters. The minimum Gasteiger partial charge on any atom is -0.379 e. The number of amides is 3. The lowest BCUT2D eigenvalue weighted by Crippen LogP contribution is -2.44. The Morgan fingerprint density at radius 1 is 1.12 bits per heavy atom. The van der Waals surface area contributed by atoms with Crippen LogP contribution in [-0.4, -0.2) is 80.8 Å². The van der Waals surface area contributed by atoms with E-state index >= 15 is 0 Å². The van der Waals surface area contributed by atoms with E-state index in [0.29, 0.717) is 25.3 Å². The summed E-state index contributed by atoms with van der Waals surface area (Å²) in [5, 5.41) is 2.86. The molecule has 2 saturated heterocycles. The Kier molecular flexibility index (Phi) is 5.83. The molecule has 136 valence electrons. The predicted molar refractivity (Wildman–Crippen MR) is 91.0 cm³/mol. The smallest absolute Gasteiger partial charge is 0.325 e. The molecule has 3 amide bonds. The van der Waals surface area contributed by atoms with Crippen molar-refractivity contribution in [2.45, 2.75) is 0 Å². The molecule has 2 aliphatic heterocycles. The van der Waals surface area contributed by atoms with Crippen LogP contribution in [0.4, 0.5) is 14.9 Å². The van der Waals surface area contributed by atoms with Crippen molar-refractivity contribution < 1.29 is 18.7 Å². The van der Waals surface area contributed by atoms with Crippen LogP contribution in [0.1, 0.15) is 0 Å². The Labute approximate surface area is 146 Å². The zero-order valence-corrected chi connectivity index (χ0v) is 14.1. The standard InChI is InChI=1S/C17H23FN4O3/c18-14-1-3-15(4-2-14)22-8-7-21(17(22)24)13-16(23)19-5-6-20-9-11-25-12-10-20/h1-4H,5-13H2,(H,19,23). The maximum atomic E-state index is 13.0. The number of hydrogen-bond donors (Lipinski definition) is 1. The van der Waals surface area contributed by atoms with Crippen molar-refractivity contribution in [1.29, 1.82) is 0 Å². The summed E-state index contributed by atoms with van der Waals surface area (Å²) < 4.78 is 18.3. The highest BCUT2D eigenvalue weighted by molar-refractivity contribution is 5.96. The molecular weight excluding hydrogens is 327 g/mol. The molecule has 3 rings (SSSR count). The normalized spacial score (nSPS) is 18.7. The lowest BCUT2D eigenvalue weighted by molar-refractivity contribution is -0.121. The fourth-order valence-corrected chi connectivity index (χ4v) is 3.00. The Balaban J connectivity index is 1.42. The molecule has 1 aromatic carbocycles. The summed E-state index contributed by atoms with van der Waals surface area (Å²) in [7, 11) is 0. The zero-order valence-electron chi connectivity index (χ0n) is 14.1. The molecule has 8 heteroatoms. The molecule has 2 fully saturated rings. The summed E-state index contributed by atoms with van der Waals surface area (Å²) in [5.74, 6) is -0.505. The topological polar surface area (TPSA) is 65.1 Å². The summed E-state index contributed by atoms with van der Waals surface area (Å²) in [4.78, 5) is 29.8. The number of carbonyl (C=O) groups excluding carboxylic acids is 2. The number of urea groups is 1. The highest BCUT2D eigenvalue weighted by Crippen LogP contribution is 2.20. The Morgan fingerprint density at radius 2 is 1.84 bits per heavy atom. The van der Waals surface area contributed by atoms with Gasteiger partial charge < -0.3 is 15.0 Å². The van der Waals surface area contributed by atoms with Gasteiger partial charge in [-0.25, -0.2) is 9.18 Å². The second-order valence-corrected chi connectivity index (χ2v) is 6.14. The first-order valence-corrected chi connectivity index (χ1v) is 8.52. The number of halogens is 1. The van der Waals surface area contributed by atoms with E-state index in [0.717, 1.165) is 32.8 Å². The van der Waals surface area contributed by atoms with Crippen molar-refractivity contribution >= 4 is 17.6 Å². The molecule has 0 aliphatic carbocycles. The van der Waals surface area contributed by atoms with E-state index in [2.05, 4.69) is 10.2 Å². The number of morpholine rings is 1. The molecule has 2 heterocycles. The quantitative estimate of drug-likeness (QED) is 0.812. The lowest BCUT2D eigenvalue weighted by atomic mass is 10.3. The van der Waals surface area contributed by atoms with Gasteiger partial charge in [-0.05, 0) is 24.3 Å². The zero-order chi connectivity index (χ0) is 17.6. The first-order chi connectivity index (χ1) is 12.1. The van der Waals surface area contributed by atoms with Gasteiger partial charge in [0.05, 0.1) is 13.2 Å². The van der Waals surface area contributed by atoms with Crippen molar-refractivity contribution in [3.05, 3.63) is 30.1 Å². The molecule has 1 N–H and O–H groups in total. The summed E-state index contributed by atoms with van der Waals surface area (Å²) in [5.41, 5.74) is 0.640. The highest BCUT2D eigenvalue weighted by atomic mass is 19.1. The van der Waals surface area contributed by atoms with Crippen LogP contribution < -0.4 is 10.2 Å². The van der Waals surface area contributed by atoms with E-state index in [-0.39, 0.29) is 24.3 Å². The SMILES string of the molecule is O=C(CN1CCN(c2ccc(F)cc2)C1=O)NCCN1CCOCC1. The third kappa shape index (κ3) is 4.67. The van der Waals surface area contributed by atoms with Crippen LogP contribution >= 0.6 is 0 Å². The number of ether oxygens (including phenoxy) is 1. The number of nitrogens with one attached hydrogen (secondary N) is 1. The molecule has 25 heavy (non-hydrogen) atoms. The summed E-state index contributed by atoms with van der Waals surface area (Å²) in [6.07, 6.45) is 0. The Hall–Kier alpha value is -2.19. The number of rotatable bonds is 6. The highest BCUT2D eigenvalue weighted by Gasteiger charge is 2.30. The van der Waals surface area contributed by atoms with Crippen LogP contribution in [-0.2, 0) is 9.53 Å². The van der Waals surface area contributed by atoms with E-state index in [1.54, 1.807) is 17.0 Å². The van der Waals surface area contributed by atoms with Gasteiger partial charge in [-0.15, -0.1) is 0 Å². The summed E-state index contributed by atoms with van der Waals surface area (Å²) in [6.45, 7) is 5.58. The molecule has 0 radical (unpaired) electrons. The van der Waals surface area contributed by atoms with Gasteiger partial charge in [0.2, 0.25) is 5.91 Å². The van der Waals surface area contributed by atoms with Gasteiger partial charge in [0.25, 0.3) is 0 Å². The minimum absolute atomic E-state index is 0.0413. The van der Waals surface area contributed by atoms with Gasteiger partial charge in [0.15, 0.2) is 0 Å². The molecular formula is C17H23FN4O3. The second-order valence-electron chi connectivity index (χ2n) is 6.14. The van der Waals surface area contributed by atoms with Crippen molar-refractivity contribution in [3.8, 4) is 0 Å². The van der Waals surface area contributed by atoms with Crippen molar-refractivity contribution in [3.63, 3.8) is 0 Å². The summed E-state index contributed by atoms with van der Waals surface area (Å²) >= 11 is 0. The number of nitrogens with zero attached hydrogens (tertiary/aromatic N) is 3. The molecule has 2 aliphatic rings. The molecule has 1 aromatic rings. The maximum absolute atomic E-state index is 13.0. The third-order valence-corrected chi connectivity index (χ3v) is 4.42.